The van der Waals surface area contributed by atoms with Crippen molar-refractivity contribution in [3.05, 3.63) is 53.9 Å². The molecule has 0 bridgehead atoms. The van der Waals surface area contributed by atoms with Crippen LogP contribution in [-0.2, 0) is 0 Å². The third-order valence-electron chi connectivity index (χ3n) is 2.65. The number of benzene rings is 1. The summed E-state index contributed by atoms with van der Waals surface area (Å²) in [4.78, 5) is 19.8. The number of carbonyl (C=O) groups is 1. The molecule has 2 rings (SSSR count). The number of hydrogen-bond donors (Lipinski definition) is 1. The summed E-state index contributed by atoms with van der Waals surface area (Å²) in [6, 6.07) is 12.0. The van der Waals surface area contributed by atoms with E-state index >= 15 is 0 Å². The Bertz CT molecular complexity index is 648. The first-order chi connectivity index (χ1) is 9.08. The predicted octanol–water partition coefficient (Wildman–Crippen LogP) is 3.13. The van der Waals surface area contributed by atoms with Gasteiger partial charge in [0.05, 0.1) is 11.4 Å². The maximum Gasteiger partial charge on any atom is 0.178 e. The molecule has 0 radical (unpaired) electrons. The molecule has 0 fully saturated rings. The molecular weight excluding hydrogens is 240 g/mol. The van der Waals surface area contributed by atoms with Crippen LogP contribution in [0.5, 0.6) is 5.75 Å². The second-order valence-corrected chi connectivity index (χ2v) is 4.15. The molecule has 0 aliphatic heterocycles. The standard InChI is InChI=1S/C15H14N2O2/c1-10(16-14-6-3-4-9-15(14)19)12-7-5-8-13(17-12)11(2)18/h3-9,19H,1-2H3/b16-10-. The number of pyridine rings is 1. The first kappa shape index (κ1) is 13.0. The SMILES string of the molecule is CC(=O)c1cccc(/C(C)=N\c2ccccc2O)n1. The lowest BCUT2D eigenvalue weighted by Gasteiger charge is -2.03. The number of carbonyl (C=O) groups excluding carboxylic acids is 1. The molecule has 2 aromatic rings. The number of Topliss-reactive ketones (excluding diaryl/α,β-unsaturated/α-hetero) is 1. The average molecular weight is 254 g/mol. The molecule has 19 heavy (non-hydrogen) atoms. The molecule has 0 atom stereocenters. The molecule has 0 amide bonds. The molecule has 1 aromatic heterocycles. The van der Waals surface area contributed by atoms with Crippen molar-refractivity contribution >= 4 is 17.2 Å². The van der Waals surface area contributed by atoms with Gasteiger partial charge in [-0.15, -0.1) is 0 Å². The van der Waals surface area contributed by atoms with Gasteiger partial charge in [0.1, 0.15) is 17.1 Å². The van der Waals surface area contributed by atoms with Crippen molar-refractivity contribution in [1.82, 2.24) is 4.98 Å². The van der Waals surface area contributed by atoms with Crippen LogP contribution >= 0.6 is 0 Å². The summed E-state index contributed by atoms with van der Waals surface area (Å²) >= 11 is 0. The second kappa shape index (κ2) is 5.44. The molecule has 0 saturated heterocycles. The van der Waals surface area contributed by atoms with Crippen LogP contribution < -0.4 is 0 Å². The van der Waals surface area contributed by atoms with Crippen molar-refractivity contribution < 1.29 is 9.90 Å². The fourth-order valence-corrected chi connectivity index (χ4v) is 1.63. The number of para-hydroxylation sites is 2. The monoisotopic (exact) mass is 254 g/mol. The molecule has 0 unspecified atom stereocenters. The van der Waals surface area contributed by atoms with Gasteiger partial charge in [-0.2, -0.15) is 0 Å². The van der Waals surface area contributed by atoms with Crippen LogP contribution in [0.15, 0.2) is 47.5 Å². The van der Waals surface area contributed by atoms with Gasteiger partial charge >= 0.3 is 0 Å². The molecule has 0 aliphatic carbocycles. The van der Waals surface area contributed by atoms with Gasteiger partial charge in [-0.1, -0.05) is 18.2 Å². The van der Waals surface area contributed by atoms with Crippen molar-refractivity contribution in [2.45, 2.75) is 13.8 Å². The normalized spacial score (nSPS) is 11.4. The van der Waals surface area contributed by atoms with E-state index in [0.717, 1.165) is 0 Å². The Hall–Kier alpha value is -2.49. The van der Waals surface area contributed by atoms with Crippen LogP contribution in [0, 0.1) is 0 Å². The Labute approximate surface area is 111 Å². The highest BCUT2D eigenvalue weighted by Gasteiger charge is 2.05. The lowest BCUT2D eigenvalue weighted by Crippen LogP contribution is -2.04. The number of phenolic OH excluding ortho intramolecular Hbond substituents is 1. The summed E-state index contributed by atoms with van der Waals surface area (Å²) in [5, 5.41) is 9.67. The fraction of sp³-hybridized carbons (Fsp3) is 0.133. The largest absolute Gasteiger partial charge is 0.506 e. The van der Waals surface area contributed by atoms with Gasteiger partial charge in [0.2, 0.25) is 0 Å². The zero-order chi connectivity index (χ0) is 13.8. The number of phenols is 1. The van der Waals surface area contributed by atoms with E-state index in [0.29, 0.717) is 22.8 Å². The van der Waals surface area contributed by atoms with E-state index in [-0.39, 0.29) is 11.5 Å². The summed E-state index contributed by atoms with van der Waals surface area (Å²) in [5.74, 6) is 0.0294. The number of nitrogens with zero attached hydrogens (tertiary/aromatic N) is 2. The molecule has 96 valence electrons. The van der Waals surface area contributed by atoms with Crippen LogP contribution in [0.3, 0.4) is 0 Å². The zero-order valence-electron chi connectivity index (χ0n) is 10.8. The maximum atomic E-state index is 11.3. The Morgan fingerprint density at radius 3 is 2.42 bits per heavy atom. The lowest BCUT2D eigenvalue weighted by molar-refractivity contribution is 0.101. The van der Waals surface area contributed by atoms with E-state index < -0.39 is 0 Å². The van der Waals surface area contributed by atoms with Gasteiger partial charge in [-0.3, -0.25) is 4.79 Å². The minimum Gasteiger partial charge on any atom is -0.506 e. The van der Waals surface area contributed by atoms with E-state index in [1.54, 1.807) is 49.4 Å². The van der Waals surface area contributed by atoms with Gasteiger partial charge in [-0.05, 0) is 31.2 Å². The zero-order valence-corrected chi connectivity index (χ0v) is 10.8. The lowest BCUT2D eigenvalue weighted by atomic mass is 10.2. The number of aromatic hydroxyl groups is 1. The number of rotatable bonds is 3. The highest BCUT2D eigenvalue weighted by Crippen LogP contribution is 2.25. The molecule has 4 nitrogen and oxygen atoms in total. The van der Waals surface area contributed by atoms with Crippen molar-refractivity contribution in [1.29, 1.82) is 0 Å². The number of hydrogen-bond acceptors (Lipinski definition) is 4. The number of aliphatic imine (C=N–C) groups is 1. The van der Waals surface area contributed by atoms with Crippen molar-refractivity contribution in [3.8, 4) is 5.75 Å². The topological polar surface area (TPSA) is 62.5 Å². The molecule has 4 heteroatoms. The van der Waals surface area contributed by atoms with E-state index in [1.807, 2.05) is 0 Å². The van der Waals surface area contributed by atoms with E-state index in [9.17, 15) is 9.90 Å². The summed E-state index contributed by atoms with van der Waals surface area (Å²) in [6.07, 6.45) is 0. The summed E-state index contributed by atoms with van der Waals surface area (Å²) in [7, 11) is 0. The van der Waals surface area contributed by atoms with Crippen LogP contribution in [0.2, 0.25) is 0 Å². The minimum absolute atomic E-state index is 0.0859. The minimum atomic E-state index is -0.0859. The first-order valence-electron chi connectivity index (χ1n) is 5.89. The fourth-order valence-electron chi connectivity index (χ4n) is 1.63. The van der Waals surface area contributed by atoms with Crippen molar-refractivity contribution in [2.24, 2.45) is 4.99 Å². The van der Waals surface area contributed by atoms with Gasteiger partial charge in [0, 0.05) is 6.92 Å². The molecule has 0 aliphatic rings. The first-order valence-corrected chi connectivity index (χ1v) is 5.89. The van der Waals surface area contributed by atoms with E-state index in [4.69, 9.17) is 0 Å². The Morgan fingerprint density at radius 1 is 1.05 bits per heavy atom. The number of ketones is 1. The smallest absolute Gasteiger partial charge is 0.178 e. The molecule has 1 N–H and O–H groups in total. The summed E-state index contributed by atoms with van der Waals surface area (Å²) in [5.41, 5.74) is 2.15. The van der Waals surface area contributed by atoms with Gasteiger partial charge < -0.3 is 5.11 Å². The second-order valence-electron chi connectivity index (χ2n) is 4.15. The molecule has 1 heterocycles. The van der Waals surface area contributed by atoms with E-state index in [1.165, 1.54) is 6.92 Å². The summed E-state index contributed by atoms with van der Waals surface area (Å²) < 4.78 is 0. The molecule has 0 saturated carbocycles. The summed E-state index contributed by atoms with van der Waals surface area (Å²) in [6.45, 7) is 3.26. The van der Waals surface area contributed by atoms with Crippen LogP contribution in [0.1, 0.15) is 30.0 Å². The van der Waals surface area contributed by atoms with Crippen molar-refractivity contribution in [2.75, 3.05) is 0 Å². The third kappa shape index (κ3) is 3.04. The maximum absolute atomic E-state index is 11.3. The molecular formula is C15H14N2O2. The van der Waals surface area contributed by atoms with Gasteiger partial charge in [0.25, 0.3) is 0 Å². The Balaban J connectivity index is 2.39. The van der Waals surface area contributed by atoms with Gasteiger partial charge in [-0.25, -0.2) is 9.98 Å². The van der Waals surface area contributed by atoms with Crippen LogP contribution in [-0.4, -0.2) is 21.6 Å². The Morgan fingerprint density at radius 2 is 1.74 bits per heavy atom. The van der Waals surface area contributed by atoms with Crippen molar-refractivity contribution in [3.63, 3.8) is 0 Å². The van der Waals surface area contributed by atoms with Crippen LogP contribution in [0.25, 0.3) is 0 Å². The highest BCUT2D eigenvalue weighted by molar-refractivity contribution is 6.00. The number of aromatic nitrogens is 1. The Kier molecular flexibility index (Phi) is 3.71. The average Bonchev–Trinajstić information content (AvgIpc) is 2.41. The predicted molar refractivity (Wildman–Crippen MR) is 74.2 cm³/mol. The highest BCUT2D eigenvalue weighted by atomic mass is 16.3. The third-order valence-corrected chi connectivity index (χ3v) is 2.65. The molecule has 1 aromatic carbocycles. The van der Waals surface area contributed by atoms with Gasteiger partial charge in [0.15, 0.2) is 5.78 Å². The van der Waals surface area contributed by atoms with E-state index in [2.05, 4.69) is 9.98 Å². The van der Waals surface area contributed by atoms with Crippen LogP contribution in [0.4, 0.5) is 5.69 Å². The quantitative estimate of drug-likeness (QED) is 0.676. The molecule has 0 spiro atoms.